The smallest absolute Gasteiger partial charge is 0.0598 e. The quantitative estimate of drug-likeness (QED) is 0.658. The molecule has 0 amide bonds. The van der Waals surface area contributed by atoms with Gasteiger partial charge in [0.1, 0.15) is 0 Å². The summed E-state index contributed by atoms with van der Waals surface area (Å²) >= 11 is 0. The average molecular weight is 202 g/mol. The molecular weight excluding hydrogens is 176 g/mol. The minimum atomic E-state index is -0.0523. The predicted octanol–water partition coefficient (Wildman–Crippen LogP) is 3.25. The van der Waals surface area contributed by atoms with E-state index in [1.165, 1.54) is 0 Å². The Morgan fingerprint density at radius 1 is 0.929 bits per heavy atom. The first-order chi connectivity index (χ1) is 6.39. The lowest BCUT2D eigenvalue weighted by Gasteiger charge is -2.34. The van der Waals surface area contributed by atoms with Gasteiger partial charge in [-0.2, -0.15) is 0 Å². The minimum Gasteiger partial charge on any atom is -0.384 e. The van der Waals surface area contributed by atoms with Crippen LogP contribution in [0.25, 0.3) is 0 Å². The first-order valence-corrected chi connectivity index (χ1v) is 5.52. The van der Waals surface area contributed by atoms with Crippen LogP contribution in [0.15, 0.2) is 0 Å². The van der Waals surface area contributed by atoms with E-state index in [1.54, 1.807) is 7.11 Å². The largest absolute Gasteiger partial charge is 0.384 e. The maximum absolute atomic E-state index is 5.85. The van der Waals surface area contributed by atoms with E-state index in [4.69, 9.17) is 9.47 Å². The summed E-state index contributed by atoms with van der Waals surface area (Å²) < 4.78 is 11.1. The van der Waals surface area contributed by atoms with Crippen molar-refractivity contribution in [2.24, 2.45) is 5.41 Å². The van der Waals surface area contributed by atoms with E-state index in [9.17, 15) is 0 Å². The second-order valence-electron chi connectivity index (χ2n) is 5.04. The van der Waals surface area contributed by atoms with E-state index in [2.05, 4.69) is 34.6 Å². The predicted molar refractivity (Wildman–Crippen MR) is 60.6 cm³/mol. The van der Waals surface area contributed by atoms with E-state index in [0.29, 0.717) is 0 Å². The molecule has 0 bridgehead atoms. The molecule has 0 N–H and O–H groups in total. The van der Waals surface area contributed by atoms with Crippen molar-refractivity contribution in [2.75, 3.05) is 20.3 Å². The van der Waals surface area contributed by atoms with Gasteiger partial charge >= 0.3 is 0 Å². The zero-order valence-corrected chi connectivity index (χ0v) is 10.6. The monoisotopic (exact) mass is 202 g/mol. The molecule has 0 fully saturated rings. The SMILES string of the molecule is CCC(CC)(COC)COC(C)(C)C. The summed E-state index contributed by atoms with van der Waals surface area (Å²) in [5.41, 5.74) is 0.144. The second kappa shape index (κ2) is 5.72. The third-order valence-electron chi connectivity index (χ3n) is 2.76. The molecule has 0 saturated carbocycles. The molecule has 14 heavy (non-hydrogen) atoms. The van der Waals surface area contributed by atoms with Gasteiger partial charge in [0.2, 0.25) is 0 Å². The zero-order valence-electron chi connectivity index (χ0n) is 10.6. The van der Waals surface area contributed by atoms with Crippen molar-refractivity contribution in [3.05, 3.63) is 0 Å². The van der Waals surface area contributed by atoms with Gasteiger partial charge < -0.3 is 9.47 Å². The molecule has 0 spiro atoms. The van der Waals surface area contributed by atoms with Crippen molar-refractivity contribution in [1.82, 2.24) is 0 Å². The Hall–Kier alpha value is -0.0800. The summed E-state index contributed by atoms with van der Waals surface area (Å²) in [5.74, 6) is 0. The fraction of sp³-hybridized carbons (Fsp3) is 1.00. The molecule has 0 heterocycles. The number of hydrogen-bond acceptors (Lipinski definition) is 2. The van der Waals surface area contributed by atoms with Gasteiger partial charge in [-0.15, -0.1) is 0 Å². The summed E-state index contributed by atoms with van der Waals surface area (Å²) in [7, 11) is 1.76. The molecular formula is C12H26O2. The van der Waals surface area contributed by atoms with Crippen LogP contribution in [0.4, 0.5) is 0 Å². The van der Waals surface area contributed by atoms with Crippen LogP contribution in [0.1, 0.15) is 47.5 Å². The van der Waals surface area contributed by atoms with Crippen molar-refractivity contribution in [1.29, 1.82) is 0 Å². The third-order valence-corrected chi connectivity index (χ3v) is 2.76. The Balaban J connectivity index is 4.21. The zero-order chi connectivity index (χ0) is 11.2. The number of methoxy groups -OCH3 is 1. The topological polar surface area (TPSA) is 18.5 Å². The van der Waals surface area contributed by atoms with Crippen LogP contribution in [0, 0.1) is 5.41 Å². The normalized spacial score (nSPS) is 13.3. The van der Waals surface area contributed by atoms with Gasteiger partial charge in [0.25, 0.3) is 0 Å². The lowest BCUT2D eigenvalue weighted by Crippen LogP contribution is -2.34. The van der Waals surface area contributed by atoms with E-state index in [0.717, 1.165) is 26.1 Å². The Labute approximate surface area is 89.0 Å². The average Bonchev–Trinajstić information content (AvgIpc) is 2.11. The first-order valence-electron chi connectivity index (χ1n) is 5.52. The van der Waals surface area contributed by atoms with Crippen LogP contribution in [0.3, 0.4) is 0 Å². The summed E-state index contributed by atoms with van der Waals surface area (Å²) in [4.78, 5) is 0. The van der Waals surface area contributed by atoms with Crippen LogP contribution in [0.2, 0.25) is 0 Å². The Morgan fingerprint density at radius 2 is 1.43 bits per heavy atom. The van der Waals surface area contributed by atoms with Gasteiger partial charge in [0.05, 0.1) is 18.8 Å². The molecule has 0 aliphatic heterocycles. The van der Waals surface area contributed by atoms with Gasteiger partial charge in [-0.1, -0.05) is 13.8 Å². The standard InChI is InChI=1S/C12H26O2/c1-7-12(8-2,9-13-6)10-14-11(3,4)5/h7-10H2,1-6H3. The molecule has 0 aliphatic carbocycles. The highest BCUT2D eigenvalue weighted by molar-refractivity contribution is 4.77. The molecule has 0 atom stereocenters. The third kappa shape index (κ3) is 4.97. The van der Waals surface area contributed by atoms with Crippen molar-refractivity contribution < 1.29 is 9.47 Å². The molecule has 0 rings (SSSR count). The van der Waals surface area contributed by atoms with Gasteiger partial charge in [-0.05, 0) is 33.6 Å². The lowest BCUT2D eigenvalue weighted by atomic mass is 9.84. The van der Waals surface area contributed by atoms with E-state index >= 15 is 0 Å². The molecule has 86 valence electrons. The molecule has 0 aromatic rings. The molecule has 0 aromatic carbocycles. The summed E-state index contributed by atoms with van der Waals surface area (Å²) in [6.07, 6.45) is 2.21. The molecule has 0 unspecified atom stereocenters. The Morgan fingerprint density at radius 3 is 1.71 bits per heavy atom. The summed E-state index contributed by atoms with van der Waals surface area (Å²) in [6.45, 7) is 12.3. The number of hydrogen-bond donors (Lipinski definition) is 0. The maximum Gasteiger partial charge on any atom is 0.0598 e. The van der Waals surface area contributed by atoms with Crippen LogP contribution < -0.4 is 0 Å². The molecule has 0 aliphatic rings. The maximum atomic E-state index is 5.85. The van der Waals surface area contributed by atoms with E-state index in [1.807, 2.05) is 0 Å². The summed E-state index contributed by atoms with van der Waals surface area (Å²) in [6, 6.07) is 0. The van der Waals surface area contributed by atoms with Crippen LogP contribution in [-0.4, -0.2) is 25.9 Å². The Bertz CT molecular complexity index is 143. The highest BCUT2D eigenvalue weighted by Crippen LogP contribution is 2.28. The lowest BCUT2D eigenvalue weighted by molar-refractivity contribution is -0.0764. The molecule has 0 aromatic heterocycles. The highest BCUT2D eigenvalue weighted by atomic mass is 16.5. The first kappa shape index (κ1) is 13.9. The van der Waals surface area contributed by atoms with Crippen LogP contribution in [-0.2, 0) is 9.47 Å². The molecule has 2 heteroatoms. The van der Waals surface area contributed by atoms with Gasteiger partial charge in [0.15, 0.2) is 0 Å². The highest BCUT2D eigenvalue weighted by Gasteiger charge is 2.28. The fourth-order valence-electron chi connectivity index (χ4n) is 1.38. The van der Waals surface area contributed by atoms with Crippen LogP contribution in [0.5, 0.6) is 0 Å². The fourth-order valence-corrected chi connectivity index (χ4v) is 1.38. The van der Waals surface area contributed by atoms with Crippen molar-refractivity contribution in [3.63, 3.8) is 0 Å². The second-order valence-corrected chi connectivity index (χ2v) is 5.04. The van der Waals surface area contributed by atoms with E-state index in [-0.39, 0.29) is 11.0 Å². The summed E-state index contributed by atoms with van der Waals surface area (Å²) in [5, 5.41) is 0. The minimum absolute atomic E-state index is 0.0523. The number of rotatable bonds is 6. The van der Waals surface area contributed by atoms with Gasteiger partial charge in [-0.3, -0.25) is 0 Å². The van der Waals surface area contributed by atoms with Crippen molar-refractivity contribution in [3.8, 4) is 0 Å². The van der Waals surface area contributed by atoms with Gasteiger partial charge in [0, 0.05) is 12.5 Å². The van der Waals surface area contributed by atoms with Crippen LogP contribution >= 0.6 is 0 Å². The number of ether oxygens (including phenoxy) is 2. The molecule has 0 radical (unpaired) electrons. The van der Waals surface area contributed by atoms with Crippen molar-refractivity contribution in [2.45, 2.75) is 53.1 Å². The van der Waals surface area contributed by atoms with Gasteiger partial charge in [-0.25, -0.2) is 0 Å². The van der Waals surface area contributed by atoms with E-state index < -0.39 is 0 Å². The molecule has 0 saturated heterocycles. The Kier molecular flexibility index (Phi) is 5.68. The van der Waals surface area contributed by atoms with Crippen molar-refractivity contribution >= 4 is 0 Å². The molecule has 2 nitrogen and oxygen atoms in total.